The molecule has 1 rings (SSSR count). The highest BCUT2D eigenvalue weighted by Gasteiger charge is 2.05. The zero-order valence-electron chi connectivity index (χ0n) is 7.68. The molecule has 1 aromatic carbocycles. The summed E-state index contributed by atoms with van der Waals surface area (Å²) in [6.07, 6.45) is 2.38. The first-order valence-electron chi connectivity index (χ1n) is 4.53. The van der Waals surface area contributed by atoms with Crippen molar-refractivity contribution in [3.8, 4) is 0 Å². The van der Waals surface area contributed by atoms with Crippen LogP contribution >= 0.6 is 11.6 Å². The summed E-state index contributed by atoms with van der Waals surface area (Å²) in [7, 11) is 0. The molecule has 0 spiro atoms. The average Bonchev–Trinajstić information content (AvgIpc) is 2.07. The van der Waals surface area contributed by atoms with Crippen LogP contribution in [0.4, 0.5) is 0 Å². The highest BCUT2D eigenvalue weighted by molar-refractivity contribution is 6.30. The third kappa shape index (κ3) is 2.25. The van der Waals surface area contributed by atoms with Crippen molar-refractivity contribution in [2.24, 2.45) is 0 Å². The predicted molar refractivity (Wildman–Crippen MR) is 54.8 cm³/mol. The second kappa shape index (κ2) is 4.51. The smallest absolute Gasteiger partial charge is 0.0408 e. The Kier molecular flexibility index (Phi) is 3.61. The van der Waals surface area contributed by atoms with Crippen LogP contribution in [0.25, 0.3) is 0 Å². The zero-order valence-corrected chi connectivity index (χ0v) is 8.43. The molecule has 0 atom stereocenters. The minimum Gasteiger partial charge on any atom is -0.0843 e. The Morgan fingerprint density at radius 1 is 1.25 bits per heavy atom. The fraction of sp³-hybridized carbons (Fsp3) is 0.455. The lowest BCUT2D eigenvalue weighted by Crippen LogP contribution is -1.94. The maximum Gasteiger partial charge on any atom is 0.0408 e. The molecule has 0 heterocycles. The molecule has 0 fully saturated rings. The lowest BCUT2D eigenvalue weighted by atomic mass is 9.94. The Morgan fingerprint density at radius 3 is 2.42 bits per heavy atom. The van der Waals surface area contributed by atoms with Gasteiger partial charge in [-0.25, -0.2) is 0 Å². The van der Waals surface area contributed by atoms with E-state index in [-0.39, 0.29) is 0 Å². The molecule has 0 saturated carbocycles. The van der Waals surface area contributed by atoms with Gasteiger partial charge in [0.25, 0.3) is 0 Å². The van der Waals surface area contributed by atoms with Gasteiger partial charge in [-0.3, -0.25) is 0 Å². The van der Waals surface area contributed by atoms with Crippen LogP contribution in [-0.2, 0) is 0 Å². The van der Waals surface area contributed by atoms with Gasteiger partial charge in [-0.05, 0) is 36.5 Å². The van der Waals surface area contributed by atoms with E-state index in [1.165, 1.54) is 18.4 Å². The van der Waals surface area contributed by atoms with Crippen LogP contribution in [0.5, 0.6) is 0 Å². The van der Waals surface area contributed by atoms with Crippen molar-refractivity contribution in [1.82, 2.24) is 0 Å². The Balaban J connectivity index is 2.85. The van der Waals surface area contributed by atoms with Crippen LogP contribution < -0.4 is 0 Å². The van der Waals surface area contributed by atoms with Gasteiger partial charge >= 0.3 is 0 Å². The van der Waals surface area contributed by atoms with Crippen molar-refractivity contribution < 1.29 is 0 Å². The van der Waals surface area contributed by atoms with Crippen LogP contribution in [0, 0.1) is 0 Å². The quantitative estimate of drug-likeness (QED) is 0.656. The molecular formula is C11H15Cl. The second-order valence-electron chi connectivity index (χ2n) is 3.07. The second-order valence-corrected chi connectivity index (χ2v) is 3.50. The molecule has 0 aliphatic rings. The minimum absolute atomic E-state index is 0.670. The summed E-state index contributed by atoms with van der Waals surface area (Å²) in [5.41, 5.74) is 1.37. The van der Waals surface area contributed by atoms with E-state index in [9.17, 15) is 0 Å². The van der Waals surface area contributed by atoms with E-state index in [1.54, 1.807) is 0 Å². The molecule has 0 nitrogen and oxygen atoms in total. The van der Waals surface area contributed by atoms with Crippen LogP contribution in [0.2, 0.25) is 5.02 Å². The fourth-order valence-corrected chi connectivity index (χ4v) is 1.72. The summed E-state index contributed by atoms with van der Waals surface area (Å²) in [4.78, 5) is 0. The first-order valence-corrected chi connectivity index (χ1v) is 4.91. The van der Waals surface area contributed by atoms with Gasteiger partial charge in [0.1, 0.15) is 0 Å². The highest BCUT2D eigenvalue weighted by Crippen LogP contribution is 2.24. The Labute approximate surface area is 79.6 Å². The third-order valence-corrected chi connectivity index (χ3v) is 2.54. The van der Waals surface area contributed by atoms with E-state index in [1.807, 2.05) is 12.1 Å². The van der Waals surface area contributed by atoms with Gasteiger partial charge in [0.15, 0.2) is 0 Å². The predicted octanol–water partition coefficient (Wildman–Crippen LogP) is 4.24. The van der Waals surface area contributed by atoms with Crippen molar-refractivity contribution >= 4 is 11.6 Å². The van der Waals surface area contributed by atoms with Crippen LogP contribution in [0.1, 0.15) is 38.2 Å². The lowest BCUT2D eigenvalue weighted by molar-refractivity contribution is 0.642. The summed E-state index contributed by atoms with van der Waals surface area (Å²) in [5, 5.41) is 0.847. The standard InChI is InChI=1S/C11H15Cl/c1-3-9(4-2)10-6-5-7-11(12)8-10/h5-9H,3-4H2,1-2H3. The molecule has 0 aliphatic carbocycles. The first-order chi connectivity index (χ1) is 5.77. The maximum absolute atomic E-state index is 5.90. The molecule has 1 heteroatoms. The lowest BCUT2D eigenvalue weighted by Gasteiger charge is -2.12. The van der Waals surface area contributed by atoms with E-state index in [0.717, 1.165) is 5.02 Å². The first kappa shape index (κ1) is 9.60. The molecule has 12 heavy (non-hydrogen) atoms. The number of hydrogen-bond donors (Lipinski definition) is 0. The van der Waals surface area contributed by atoms with E-state index in [4.69, 9.17) is 11.6 Å². The normalized spacial score (nSPS) is 10.7. The van der Waals surface area contributed by atoms with Crippen LogP contribution in [0.15, 0.2) is 24.3 Å². The maximum atomic E-state index is 5.90. The van der Waals surface area contributed by atoms with Crippen LogP contribution in [-0.4, -0.2) is 0 Å². The van der Waals surface area contributed by atoms with Gasteiger partial charge in [-0.15, -0.1) is 0 Å². The van der Waals surface area contributed by atoms with Crippen molar-refractivity contribution in [3.63, 3.8) is 0 Å². The molecule has 0 saturated heterocycles. The van der Waals surface area contributed by atoms with E-state index < -0.39 is 0 Å². The Morgan fingerprint density at radius 2 is 1.92 bits per heavy atom. The summed E-state index contributed by atoms with van der Waals surface area (Å²) in [6, 6.07) is 8.17. The van der Waals surface area contributed by atoms with Gasteiger partial charge in [-0.1, -0.05) is 37.6 Å². The van der Waals surface area contributed by atoms with Crippen molar-refractivity contribution in [1.29, 1.82) is 0 Å². The van der Waals surface area contributed by atoms with Crippen LogP contribution in [0.3, 0.4) is 0 Å². The molecule has 0 unspecified atom stereocenters. The number of halogens is 1. The molecular weight excluding hydrogens is 168 g/mol. The van der Waals surface area contributed by atoms with Gasteiger partial charge in [0, 0.05) is 5.02 Å². The van der Waals surface area contributed by atoms with Gasteiger partial charge in [0.2, 0.25) is 0 Å². The SMILES string of the molecule is CCC(CC)c1cccc(Cl)c1. The summed E-state index contributed by atoms with van der Waals surface area (Å²) >= 11 is 5.90. The monoisotopic (exact) mass is 182 g/mol. The third-order valence-electron chi connectivity index (χ3n) is 2.31. The molecule has 0 aliphatic heterocycles. The Hall–Kier alpha value is -0.490. The molecule has 66 valence electrons. The van der Waals surface area contributed by atoms with E-state index in [0.29, 0.717) is 5.92 Å². The average molecular weight is 183 g/mol. The molecule has 0 bridgehead atoms. The number of rotatable bonds is 3. The summed E-state index contributed by atoms with van der Waals surface area (Å²) in [6.45, 7) is 4.43. The van der Waals surface area contributed by atoms with Crippen molar-refractivity contribution in [2.75, 3.05) is 0 Å². The highest BCUT2D eigenvalue weighted by atomic mass is 35.5. The molecule has 0 radical (unpaired) electrons. The van der Waals surface area contributed by atoms with Crippen molar-refractivity contribution in [3.05, 3.63) is 34.9 Å². The summed E-state index contributed by atoms with van der Waals surface area (Å²) < 4.78 is 0. The van der Waals surface area contributed by atoms with E-state index in [2.05, 4.69) is 26.0 Å². The van der Waals surface area contributed by atoms with Crippen molar-refractivity contribution in [2.45, 2.75) is 32.6 Å². The molecule has 0 amide bonds. The largest absolute Gasteiger partial charge is 0.0843 e. The number of hydrogen-bond acceptors (Lipinski definition) is 0. The molecule has 0 aromatic heterocycles. The zero-order chi connectivity index (χ0) is 8.97. The topological polar surface area (TPSA) is 0 Å². The number of benzene rings is 1. The minimum atomic E-state index is 0.670. The van der Waals surface area contributed by atoms with Gasteiger partial charge < -0.3 is 0 Å². The fourth-order valence-electron chi connectivity index (χ4n) is 1.52. The molecule has 0 N–H and O–H groups in total. The Bertz CT molecular complexity index is 239. The molecule has 1 aromatic rings. The summed E-state index contributed by atoms with van der Waals surface area (Å²) in [5.74, 6) is 0.670. The van der Waals surface area contributed by atoms with Gasteiger partial charge in [-0.2, -0.15) is 0 Å². The van der Waals surface area contributed by atoms with Gasteiger partial charge in [0.05, 0.1) is 0 Å². The van der Waals surface area contributed by atoms with E-state index >= 15 is 0 Å².